The summed E-state index contributed by atoms with van der Waals surface area (Å²) in [6, 6.07) is 4.18. The molecule has 0 aliphatic carbocycles. The molecule has 0 saturated carbocycles. The summed E-state index contributed by atoms with van der Waals surface area (Å²) in [5.41, 5.74) is -5.21. The Morgan fingerprint density at radius 1 is 0.864 bits per heavy atom. The molecule has 1 saturated heterocycles. The molecule has 14 heteroatoms. The van der Waals surface area contributed by atoms with Crippen LogP contribution >= 0.6 is 0 Å². The van der Waals surface area contributed by atoms with Crippen molar-refractivity contribution in [2.45, 2.75) is 63.9 Å². The zero-order chi connectivity index (χ0) is 33.9. The first kappa shape index (κ1) is 31.5. The van der Waals surface area contributed by atoms with Crippen LogP contribution in [-0.4, -0.2) is 24.1 Å². The van der Waals surface area contributed by atoms with Crippen molar-refractivity contribution in [1.82, 2.24) is 4.90 Å². The molecule has 1 amide bonds. The van der Waals surface area contributed by atoms with Crippen LogP contribution < -0.4 is 4.74 Å². The van der Waals surface area contributed by atoms with Gasteiger partial charge in [-0.25, -0.2) is 9.18 Å². The van der Waals surface area contributed by atoms with Gasteiger partial charge in [-0.3, -0.25) is 4.90 Å². The molecule has 1 heterocycles. The van der Waals surface area contributed by atoms with Crippen LogP contribution in [0.1, 0.15) is 67.5 Å². The highest BCUT2D eigenvalue weighted by molar-refractivity contribution is 5.76. The molecule has 1 aliphatic rings. The number of halogens is 10. The molecule has 1 fully saturated rings. The van der Waals surface area contributed by atoms with Gasteiger partial charge in [0, 0.05) is 13.0 Å². The quantitative estimate of drug-likeness (QED) is 0.253. The molecular weight excluding hydrogens is 612 g/mol. The molecule has 4 nitrogen and oxygen atoms in total. The van der Waals surface area contributed by atoms with E-state index in [1.807, 2.05) is 0 Å². The van der Waals surface area contributed by atoms with Crippen molar-refractivity contribution >= 4 is 6.09 Å². The first-order chi connectivity index (χ1) is 20.5. The molecule has 0 radical (unpaired) electrons. The molecule has 0 bridgehead atoms. The van der Waals surface area contributed by atoms with Crippen molar-refractivity contribution in [3.05, 3.63) is 87.7 Å². The average molecular weight is 639 g/mol. The molecular formula is C30H25F10NO3. The summed E-state index contributed by atoms with van der Waals surface area (Å²) in [7, 11) is 1.18. The van der Waals surface area contributed by atoms with E-state index in [9.17, 15) is 48.7 Å². The van der Waals surface area contributed by atoms with Gasteiger partial charge in [-0.05, 0) is 71.5 Å². The number of rotatable bonds is 6. The molecule has 44 heavy (non-hydrogen) atoms. The van der Waals surface area contributed by atoms with Crippen LogP contribution in [0.3, 0.4) is 0 Å². The lowest BCUT2D eigenvalue weighted by molar-refractivity contribution is -0.143. The highest BCUT2D eigenvalue weighted by Crippen LogP contribution is 2.43. The average Bonchev–Trinajstić information content (AvgIpc) is 3.19. The first-order valence-corrected chi connectivity index (χ1v) is 12.9. The Hall–Kier alpha value is -3.97. The first-order valence-electron chi connectivity index (χ1n) is 13.4. The number of cyclic esters (lactones) is 1. The predicted octanol–water partition coefficient (Wildman–Crippen LogP) is 9.76. The smallest absolute Gasteiger partial charge is 0.416 e. The lowest BCUT2D eigenvalue weighted by atomic mass is 9.91. The van der Waals surface area contributed by atoms with Crippen LogP contribution in [0.2, 0.25) is 0 Å². The summed E-state index contributed by atoms with van der Waals surface area (Å²) in [5, 5.41) is 0. The fraction of sp³-hybridized carbons (Fsp3) is 0.367. The minimum Gasteiger partial charge on any atom is -0.496 e. The van der Waals surface area contributed by atoms with Gasteiger partial charge >= 0.3 is 24.6 Å². The van der Waals surface area contributed by atoms with Crippen molar-refractivity contribution in [2.24, 2.45) is 0 Å². The van der Waals surface area contributed by atoms with E-state index in [1.165, 1.54) is 33.9 Å². The number of amides is 1. The number of benzene rings is 3. The van der Waals surface area contributed by atoms with Crippen molar-refractivity contribution in [3.63, 3.8) is 0 Å². The van der Waals surface area contributed by atoms with E-state index >= 15 is 0 Å². The summed E-state index contributed by atoms with van der Waals surface area (Å²) < 4.78 is 156. The van der Waals surface area contributed by atoms with Crippen LogP contribution in [0.25, 0.3) is 11.1 Å². The third kappa shape index (κ3) is 6.58. The number of alkyl halides is 9. The number of carbonyl (C=O) groups excluding carboxylic acids is 1. The van der Waals surface area contributed by atoms with Gasteiger partial charge in [-0.2, -0.15) is 39.5 Å². The van der Waals surface area contributed by atoms with Crippen LogP contribution in [-0.2, 0) is 29.8 Å². The minimum atomic E-state index is -5.17. The summed E-state index contributed by atoms with van der Waals surface area (Å²) in [6.45, 7) is 3.39. The molecule has 4 rings (SSSR count). The predicted molar refractivity (Wildman–Crippen MR) is 138 cm³/mol. The maximum absolute atomic E-state index is 14.8. The van der Waals surface area contributed by atoms with Crippen LogP contribution in [0, 0.1) is 5.82 Å². The number of carbonyl (C=O) groups is 1. The van der Waals surface area contributed by atoms with Gasteiger partial charge in [0.25, 0.3) is 0 Å². The molecule has 3 aromatic rings. The molecule has 3 aromatic carbocycles. The Morgan fingerprint density at radius 3 is 1.93 bits per heavy atom. The minimum absolute atomic E-state index is 0.0345. The fourth-order valence-corrected chi connectivity index (χ4v) is 4.97. The van der Waals surface area contributed by atoms with Gasteiger partial charge in [0.2, 0.25) is 0 Å². The summed E-state index contributed by atoms with van der Waals surface area (Å²) in [4.78, 5) is 13.8. The van der Waals surface area contributed by atoms with Gasteiger partial charge < -0.3 is 9.47 Å². The van der Waals surface area contributed by atoms with Gasteiger partial charge in [0.15, 0.2) is 0 Å². The SMILES string of the molecule is [2H]C(C)(C)c1cc(-c2ccc(C(F)(F)F)cc2CN2C(=O)O[C@H](c3cc(C(F)(F)F)cc(C(F)(F)F)c3)[C@@H]2C)c(OC)cc1F. The molecule has 0 aromatic heterocycles. The van der Waals surface area contributed by atoms with Gasteiger partial charge in [-0.15, -0.1) is 0 Å². The molecule has 2 atom stereocenters. The normalized spacial score (nSPS) is 18.4. The zero-order valence-corrected chi connectivity index (χ0v) is 23.4. The van der Waals surface area contributed by atoms with E-state index in [2.05, 4.69) is 0 Å². The second kappa shape index (κ2) is 11.5. The molecule has 238 valence electrons. The number of ether oxygens (including phenoxy) is 2. The second-order valence-electron chi connectivity index (χ2n) is 10.4. The third-order valence-electron chi connectivity index (χ3n) is 7.22. The number of methoxy groups -OCH3 is 1. The van der Waals surface area contributed by atoms with Crippen LogP contribution in [0.4, 0.5) is 48.7 Å². The van der Waals surface area contributed by atoms with Gasteiger partial charge in [0.05, 0.1) is 36.4 Å². The molecule has 0 spiro atoms. The van der Waals surface area contributed by atoms with E-state index in [4.69, 9.17) is 10.8 Å². The van der Waals surface area contributed by atoms with Crippen LogP contribution in [0.15, 0.2) is 48.5 Å². The molecule has 1 aliphatic heterocycles. The summed E-state index contributed by atoms with van der Waals surface area (Å²) in [6.07, 6.45) is -18.0. The van der Waals surface area contributed by atoms with Crippen molar-refractivity contribution in [3.8, 4) is 16.9 Å². The Bertz CT molecular complexity index is 1580. The Morgan fingerprint density at radius 2 is 1.43 bits per heavy atom. The van der Waals surface area contributed by atoms with E-state index in [0.717, 1.165) is 23.1 Å². The highest BCUT2D eigenvalue weighted by Gasteiger charge is 2.44. The summed E-state index contributed by atoms with van der Waals surface area (Å²) in [5.74, 6) is -2.42. The van der Waals surface area contributed by atoms with E-state index in [1.54, 1.807) is 0 Å². The molecule has 0 N–H and O–H groups in total. The maximum Gasteiger partial charge on any atom is 0.416 e. The van der Waals surface area contributed by atoms with Gasteiger partial charge in [0.1, 0.15) is 17.7 Å². The molecule has 0 unspecified atom stereocenters. The summed E-state index contributed by atoms with van der Waals surface area (Å²) >= 11 is 0. The topological polar surface area (TPSA) is 38.8 Å². The van der Waals surface area contributed by atoms with Crippen molar-refractivity contribution < 1.29 is 59.5 Å². The highest BCUT2D eigenvalue weighted by atomic mass is 19.4. The monoisotopic (exact) mass is 638 g/mol. The van der Waals surface area contributed by atoms with E-state index in [-0.39, 0.29) is 34.1 Å². The van der Waals surface area contributed by atoms with E-state index in [0.29, 0.717) is 18.2 Å². The zero-order valence-electron chi connectivity index (χ0n) is 24.4. The van der Waals surface area contributed by atoms with Gasteiger partial charge in [-0.1, -0.05) is 19.9 Å². The van der Waals surface area contributed by atoms with Crippen molar-refractivity contribution in [1.29, 1.82) is 0 Å². The van der Waals surface area contributed by atoms with Crippen LogP contribution in [0.5, 0.6) is 5.75 Å². The van der Waals surface area contributed by atoms with E-state index < -0.39 is 77.3 Å². The fourth-order valence-electron chi connectivity index (χ4n) is 4.97. The largest absolute Gasteiger partial charge is 0.496 e. The number of nitrogens with zero attached hydrogens (tertiary/aromatic N) is 1. The lowest BCUT2D eigenvalue weighted by Gasteiger charge is -2.24. The second-order valence-corrected chi connectivity index (χ2v) is 10.4. The lowest BCUT2D eigenvalue weighted by Crippen LogP contribution is -2.32. The number of hydrogen-bond donors (Lipinski definition) is 0. The third-order valence-corrected chi connectivity index (χ3v) is 7.22. The Labute approximate surface area is 246 Å². The Balaban J connectivity index is 1.83. The van der Waals surface area contributed by atoms with Crippen molar-refractivity contribution in [2.75, 3.05) is 7.11 Å². The number of hydrogen-bond acceptors (Lipinski definition) is 3. The maximum atomic E-state index is 14.8. The Kier molecular flexibility index (Phi) is 8.23. The standard InChI is InChI=1S/C30H25F10NO3/c1-14(2)22-11-23(25(43-4)12-24(22)31)21-6-5-18(28(32,33)34)9-17(21)13-41-15(3)26(44-27(41)42)16-7-19(29(35,36)37)10-20(8-16)30(38,39)40/h5-12,14-15,26H,13H2,1-4H3/t15-,26-/m0/s1/i14D.